The summed E-state index contributed by atoms with van der Waals surface area (Å²) in [5.41, 5.74) is 2.38. The van der Waals surface area contributed by atoms with Gasteiger partial charge in [-0.2, -0.15) is 0 Å². The van der Waals surface area contributed by atoms with Crippen LogP contribution >= 0.6 is 12.2 Å². The summed E-state index contributed by atoms with van der Waals surface area (Å²) in [6.45, 7) is 2.89. The van der Waals surface area contributed by atoms with Crippen LogP contribution in [-0.2, 0) is 11.8 Å². The fraction of sp³-hybridized carbons (Fsp3) is 0.227. The Labute approximate surface area is 185 Å². The Morgan fingerprint density at radius 3 is 2.55 bits per heavy atom. The molecule has 0 fully saturated rings. The number of amides is 1. The number of ether oxygens (including phenoxy) is 1. The van der Waals surface area contributed by atoms with Crippen LogP contribution < -0.4 is 21.5 Å². The standard InChI is InChI=1S/C22H25N5O3S/c1-15-19(21(29)27(26(15)2)18-10-5-4-6-11-18)25-20(28)16-8-7-9-17(14-16)24-22(31)23-12-13-30-3/h4-11,14H,12-13H2,1-3H3,(H,25,28)(H2,23,24,31). The maximum atomic E-state index is 13.0. The van der Waals surface area contributed by atoms with Gasteiger partial charge in [-0.15, -0.1) is 0 Å². The molecule has 0 aliphatic rings. The van der Waals surface area contributed by atoms with Crippen molar-refractivity contribution in [3.8, 4) is 5.69 Å². The quantitative estimate of drug-likeness (QED) is 0.387. The Balaban J connectivity index is 1.78. The first-order valence-corrected chi connectivity index (χ1v) is 10.1. The number of hydrogen-bond donors (Lipinski definition) is 3. The van der Waals surface area contributed by atoms with Crippen LogP contribution in [0.15, 0.2) is 59.4 Å². The van der Waals surface area contributed by atoms with Gasteiger partial charge in [-0.25, -0.2) is 4.68 Å². The molecule has 31 heavy (non-hydrogen) atoms. The molecule has 0 aliphatic carbocycles. The lowest BCUT2D eigenvalue weighted by atomic mass is 10.2. The number of thiocarbonyl (C=S) groups is 1. The molecular weight excluding hydrogens is 414 g/mol. The summed E-state index contributed by atoms with van der Waals surface area (Å²) >= 11 is 5.24. The highest BCUT2D eigenvalue weighted by atomic mass is 32.1. The Morgan fingerprint density at radius 1 is 1.10 bits per heavy atom. The molecule has 0 saturated heterocycles. The van der Waals surface area contributed by atoms with Gasteiger partial charge in [0.1, 0.15) is 5.69 Å². The fourth-order valence-corrected chi connectivity index (χ4v) is 3.30. The molecule has 0 bridgehead atoms. The second-order valence-electron chi connectivity index (χ2n) is 6.85. The van der Waals surface area contributed by atoms with Gasteiger partial charge in [-0.3, -0.25) is 14.3 Å². The second kappa shape index (κ2) is 10.1. The minimum atomic E-state index is -0.382. The van der Waals surface area contributed by atoms with E-state index in [1.165, 1.54) is 4.68 Å². The van der Waals surface area contributed by atoms with Crippen molar-refractivity contribution in [2.75, 3.05) is 30.9 Å². The van der Waals surface area contributed by atoms with E-state index in [0.29, 0.717) is 35.2 Å². The molecule has 0 atom stereocenters. The van der Waals surface area contributed by atoms with Gasteiger partial charge < -0.3 is 20.7 Å². The molecule has 1 aromatic heterocycles. The van der Waals surface area contributed by atoms with Gasteiger partial charge in [-0.1, -0.05) is 24.3 Å². The van der Waals surface area contributed by atoms with E-state index in [1.54, 1.807) is 50.0 Å². The van der Waals surface area contributed by atoms with Gasteiger partial charge in [0.05, 0.1) is 18.0 Å². The zero-order chi connectivity index (χ0) is 22.4. The van der Waals surface area contributed by atoms with Crippen LogP contribution in [-0.4, -0.2) is 40.6 Å². The number of para-hydroxylation sites is 1. The summed E-state index contributed by atoms with van der Waals surface area (Å²) < 4.78 is 8.21. The molecule has 3 aromatic rings. The van der Waals surface area contributed by atoms with Gasteiger partial charge in [0.2, 0.25) is 0 Å². The van der Waals surface area contributed by atoms with Crippen molar-refractivity contribution >= 4 is 34.6 Å². The molecule has 162 valence electrons. The first kappa shape index (κ1) is 22.3. The number of hydrogen-bond acceptors (Lipinski definition) is 4. The lowest BCUT2D eigenvalue weighted by Gasteiger charge is -2.11. The van der Waals surface area contributed by atoms with E-state index in [0.717, 1.165) is 5.69 Å². The molecule has 2 aromatic carbocycles. The predicted octanol–water partition coefficient (Wildman–Crippen LogP) is 2.67. The summed E-state index contributed by atoms with van der Waals surface area (Å²) in [7, 11) is 3.39. The van der Waals surface area contributed by atoms with Crippen molar-refractivity contribution in [3.05, 3.63) is 76.2 Å². The number of benzene rings is 2. The number of nitrogens with zero attached hydrogens (tertiary/aromatic N) is 2. The molecule has 3 rings (SSSR count). The van der Waals surface area contributed by atoms with E-state index >= 15 is 0 Å². The molecule has 0 spiro atoms. The lowest BCUT2D eigenvalue weighted by Crippen LogP contribution is -2.31. The summed E-state index contributed by atoms with van der Waals surface area (Å²) in [5, 5.41) is 9.23. The molecular formula is C22H25N5O3S. The Kier molecular flexibility index (Phi) is 7.22. The number of carbonyl (C=O) groups excluding carboxylic acids is 1. The van der Waals surface area contributed by atoms with Crippen LogP contribution in [0.3, 0.4) is 0 Å². The van der Waals surface area contributed by atoms with Gasteiger partial charge in [0.25, 0.3) is 11.5 Å². The molecule has 0 radical (unpaired) electrons. The fourth-order valence-electron chi connectivity index (χ4n) is 3.08. The topological polar surface area (TPSA) is 89.3 Å². The molecule has 0 aliphatic heterocycles. The molecule has 0 unspecified atom stereocenters. The first-order valence-electron chi connectivity index (χ1n) is 9.71. The van der Waals surface area contributed by atoms with Crippen LogP contribution in [0, 0.1) is 6.92 Å². The minimum absolute atomic E-state index is 0.242. The van der Waals surface area contributed by atoms with E-state index in [-0.39, 0.29) is 17.2 Å². The zero-order valence-electron chi connectivity index (χ0n) is 17.6. The summed E-state index contributed by atoms with van der Waals surface area (Å²) in [4.78, 5) is 25.9. The normalized spacial score (nSPS) is 10.5. The third-order valence-electron chi connectivity index (χ3n) is 4.77. The SMILES string of the molecule is COCCNC(=S)Nc1cccc(C(=O)Nc2c(C)n(C)n(-c3ccccc3)c2=O)c1. The average molecular weight is 440 g/mol. The Hall–Kier alpha value is -3.43. The summed E-state index contributed by atoms with van der Waals surface area (Å²) in [5.74, 6) is -0.382. The molecule has 8 nitrogen and oxygen atoms in total. The smallest absolute Gasteiger partial charge is 0.295 e. The number of nitrogens with one attached hydrogen (secondary N) is 3. The number of aromatic nitrogens is 2. The summed E-state index contributed by atoms with van der Waals surface area (Å²) in [6.07, 6.45) is 0. The van der Waals surface area contributed by atoms with E-state index in [4.69, 9.17) is 17.0 Å². The van der Waals surface area contributed by atoms with Gasteiger partial charge in [0, 0.05) is 32.0 Å². The van der Waals surface area contributed by atoms with E-state index < -0.39 is 0 Å². The Bertz CT molecular complexity index is 1140. The highest BCUT2D eigenvalue weighted by Crippen LogP contribution is 2.16. The zero-order valence-corrected chi connectivity index (χ0v) is 18.5. The average Bonchev–Trinajstić information content (AvgIpc) is 2.97. The first-order chi connectivity index (χ1) is 14.9. The largest absolute Gasteiger partial charge is 0.383 e. The van der Waals surface area contributed by atoms with Crippen molar-refractivity contribution in [2.45, 2.75) is 6.92 Å². The van der Waals surface area contributed by atoms with Crippen molar-refractivity contribution in [1.29, 1.82) is 0 Å². The predicted molar refractivity (Wildman–Crippen MR) is 126 cm³/mol. The van der Waals surface area contributed by atoms with Crippen molar-refractivity contribution in [3.63, 3.8) is 0 Å². The van der Waals surface area contributed by atoms with Gasteiger partial charge in [-0.05, 0) is 49.5 Å². The van der Waals surface area contributed by atoms with E-state index in [1.807, 2.05) is 30.3 Å². The maximum Gasteiger partial charge on any atom is 0.295 e. The second-order valence-corrected chi connectivity index (χ2v) is 7.25. The molecule has 9 heteroatoms. The number of carbonyl (C=O) groups is 1. The number of methoxy groups -OCH3 is 1. The van der Waals surface area contributed by atoms with E-state index in [2.05, 4.69) is 16.0 Å². The lowest BCUT2D eigenvalue weighted by molar-refractivity contribution is 0.102. The number of anilines is 2. The maximum absolute atomic E-state index is 13.0. The van der Waals surface area contributed by atoms with Crippen LogP contribution in [0.4, 0.5) is 11.4 Å². The van der Waals surface area contributed by atoms with Gasteiger partial charge >= 0.3 is 0 Å². The van der Waals surface area contributed by atoms with Crippen LogP contribution in [0.2, 0.25) is 0 Å². The third-order valence-corrected chi connectivity index (χ3v) is 5.01. The van der Waals surface area contributed by atoms with Crippen LogP contribution in [0.5, 0.6) is 0 Å². The third kappa shape index (κ3) is 5.19. The molecule has 0 saturated carbocycles. The summed E-state index contributed by atoms with van der Waals surface area (Å²) in [6, 6.07) is 16.2. The highest BCUT2D eigenvalue weighted by molar-refractivity contribution is 7.80. The molecule has 3 N–H and O–H groups in total. The highest BCUT2D eigenvalue weighted by Gasteiger charge is 2.19. The van der Waals surface area contributed by atoms with Crippen LogP contribution in [0.1, 0.15) is 16.1 Å². The molecule has 1 heterocycles. The van der Waals surface area contributed by atoms with Crippen molar-refractivity contribution < 1.29 is 9.53 Å². The minimum Gasteiger partial charge on any atom is -0.383 e. The monoisotopic (exact) mass is 439 g/mol. The number of rotatable bonds is 7. The van der Waals surface area contributed by atoms with Gasteiger partial charge in [0.15, 0.2) is 5.11 Å². The van der Waals surface area contributed by atoms with Crippen LogP contribution in [0.25, 0.3) is 5.69 Å². The Morgan fingerprint density at radius 2 is 1.84 bits per heavy atom. The van der Waals surface area contributed by atoms with E-state index in [9.17, 15) is 9.59 Å². The molecule has 1 amide bonds. The van der Waals surface area contributed by atoms with Crippen molar-refractivity contribution in [2.24, 2.45) is 7.05 Å². The van der Waals surface area contributed by atoms with Crippen molar-refractivity contribution in [1.82, 2.24) is 14.7 Å².